The number of hydrogen-bond acceptors (Lipinski definition) is 4. The van der Waals surface area contributed by atoms with Gasteiger partial charge < -0.3 is 4.74 Å². The molecule has 0 aliphatic carbocycles. The molecule has 134 valence electrons. The van der Waals surface area contributed by atoms with E-state index in [0.717, 1.165) is 11.8 Å². The molecule has 0 bridgehead atoms. The minimum absolute atomic E-state index is 0.0266. The summed E-state index contributed by atoms with van der Waals surface area (Å²) in [5.74, 6) is 0.0260. The number of ether oxygens (including phenoxy) is 1. The second-order valence-electron chi connectivity index (χ2n) is 5.65. The van der Waals surface area contributed by atoms with Crippen LogP contribution in [0.25, 0.3) is 0 Å². The third kappa shape index (κ3) is 4.37. The highest BCUT2D eigenvalue weighted by molar-refractivity contribution is 7.92. The fourth-order valence-electron chi connectivity index (χ4n) is 2.41. The lowest BCUT2D eigenvalue weighted by molar-refractivity contribution is 0.301. The van der Waals surface area contributed by atoms with Gasteiger partial charge in [-0.25, -0.2) is 12.8 Å². The molecule has 2 aromatic carbocycles. The maximum atomic E-state index is 13.2. The van der Waals surface area contributed by atoms with Crippen molar-refractivity contribution in [2.45, 2.75) is 18.4 Å². The van der Waals surface area contributed by atoms with Gasteiger partial charge >= 0.3 is 0 Å². The quantitative estimate of drug-likeness (QED) is 0.712. The number of anilines is 1. The molecule has 0 spiro atoms. The third-order valence-electron chi connectivity index (χ3n) is 3.63. The summed E-state index contributed by atoms with van der Waals surface area (Å²) in [6.45, 7) is 1.82. The van der Waals surface area contributed by atoms with Gasteiger partial charge in [-0.3, -0.25) is 9.71 Å². The fourth-order valence-corrected chi connectivity index (χ4v) is 3.69. The molecule has 0 radical (unpaired) electrons. The van der Waals surface area contributed by atoms with Crippen LogP contribution in [-0.2, 0) is 16.6 Å². The molecule has 1 aromatic heterocycles. The van der Waals surface area contributed by atoms with E-state index in [1.165, 1.54) is 12.1 Å². The molecule has 1 N–H and O–H groups in total. The normalized spacial score (nSPS) is 11.2. The zero-order valence-electron chi connectivity index (χ0n) is 14.0. The molecular weight excluding hydrogens is 355 g/mol. The number of aromatic nitrogens is 1. The van der Waals surface area contributed by atoms with E-state index in [1.54, 1.807) is 37.4 Å². The molecule has 0 saturated carbocycles. The lowest BCUT2D eigenvalue weighted by Gasteiger charge is -2.12. The van der Waals surface area contributed by atoms with Crippen LogP contribution < -0.4 is 9.46 Å². The molecule has 0 fully saturated rings. The molecule has 26 heavy (non-hydrogen) atoms. The van der Waals surface area contributed by atoms with E-state index in [4.69, 9.17) is 4.74 Å². The molecule has 0 atom stereocenters. The van der Waals surface area contributed by atoms with Gasteiger partial charge in [-0.05, 0) is 55.0 Å². The van der Waals surface area contributed by atoms with Gasteiger partial charge in [0.05, 0.1) is 16.3 Å². The molecule has 3 rings (SSSR count). The van der Waals surface area contributed by atoms with E-state index in [2.05, 4.69) is 9.71 Å². The van der Waals surface area contributed by atoms with Crippen LogP contribution in [0.1, 0.15) is 11.3 Å². The number of pyridine rings is 1. The Morgan fingerprint density at radius 1 is 1.08 bits per heavy atom. The van der Waals surface area contributed by atoms with Crippen LogP contribution in [0.5, 0.6) is 5.75 Å². The number of benzene rings is 2. The molecule has 3 aromatic rings. The average molecular weight is 372 g/mol. The Labute approximate surface area is 151 Å². The van der Waals surface area contributed by atoms with E-state index in [-0.39, 0.29) is 11.5 Å². The Bertz CT molecular complexity index is 1010. The van der Waals surface area contributed by atoms with E-state index in [1.807, 2.05) is 18.2 Å². The van der Waals surface area contributed by atoms with Crippen LogP contribution in [0.2, 0.25) is 0 Å². The van der Waals surface area contributed by atoms with E-state index in [9.17, 15) is 12.8 Å². The molecular formula is C19H17FN2O3S. The number of halogens is 1. The summed E-state index contributed by atoms with van der Waals surface area (Å²) in [5, 5.41) is 0. The molecule has 1 heterocycles. The lowest BCUT2D eigenvalue weighted by atomic mass is 10.2. The summed E-state index contributed by atoms with van der Waals surface area (Å²) in [6.07, 6.45) is 1.67. The first-order valence-electron chi connectivity index (χ1n) is 7.86. The van der Waals surface area contributed by atoms with Crippen LogP contribution in [0, 0.1) is 12.7 Å². The van der Waals surface area contributed by atoms with Crippen molar-refractivity contribution in [3.8, 4) is 5.75 Å². The predicted octanol–water partition coefficient (Wildman–Crippen LogP) is 3.91. The van der Waals surface area contributed by atoms with E-state index in [0.29, 0.717) is 17.0 Å². The second-order valence-corrected chi connectivity index (χ2v) is 7.30. The van der Waals surface area contributed by atoms with Crippen LogP contribution in [-0.4, -0.2) is 13.4 Å². The fraction of sp³-hybridized carbons (Fsp3) is 0.105. The summed E-state index contributed by atoms with van der Waals surface area (Å²) >= 11 is 0. The number of rotatable bonds is 6. The van der Waals surface area contributed by atoms with Crippen molar-refractivity contribution in [1.82, 2.24) is 4.98 Å². The molecule has 0 saturated heterocycles. The number of aryl methyl sites for hydroxylation is 1. The van der Waals surface area contributed by atoms with Crippen molar-refractivity contribution in [2.24, 2.45) is 0 Å². The van der Waals surface area contributed by atoms with Gasteiger partial charge in [0.2, 0.25) is 0 Å². The molecule has 0 aliphatic rings. The zero-order chi connectivity index (χ0) is 18.6. The SMILES string of the molecule is Cc1cc(F)ccc1S(=O)(=O)Nc1cccc(OCc2ccccn2)c1. The lowest BCUT2D eigenvalue weighted by Crippen LogP contribution is -2.14. The van der Waals surface area contributed by atoms with Crippen LogP contribution >= 0.6 is 0 Å². The van der Waals surface area contributed by atoms with Crippen molar-refractivity contribution >= 4 is 15.7 Å². The van der Waals surface area contributed by atoms with Crippen LogP contribution in [0.15, 0.2) is 71.8 Å². The van der Waals surface area contributed by atoms with E-state index >= 15 is 0 Å². The van der Waals surface area contributed by atoms with Crippen LogP contribution in [0.3, 0.4) is 0 Å². The van der Waals surface area contributed by atoms with Gasteiger partial charge in [0.1, 0.15) is 18.2 Å². The highest BCUT2D eigenvalue weighted by atomic mass is 32.2. The smallest absolute Gasteiger partial charge is 0.262 e. The first kappa shape index (κ1) is 17.9. The minimum Gasteiger partial charge on any atom is -0.487 e. The molecule has 5 nitrogen and oxygen atoms in total. The Hall–Kier alpha value is -2.93. The van der Waals surface area contributed by atoms with Gasteiger partial charge in [0.25, 0.3) is 10.0 Å². The Kier molecular flexibility index (Phi) is 5.18. The predicted molar refractivity (Wildman–Crippen MR) is 97.0 cm³/mol. The highest BCUT2D eigenvalue weighted by Crippen LogP contribution is 2.23. The first-order chi connectivity index (χ1) is 12.4. The summed E-state index contributed by atoms with van der Waals surface area (Å²) in [7, 11) is -3.83. The second kappa shape index (κ2) is 7.53. The van der Waals surface area contributed by atoms with Crippen molar-refractivity contribution in [1.29, 1.82) is 0 Å². The Morgan fingerprint density at radius 2 is 1.92 bits per heavy atom. The largest absolute Gasteiger partial charge is 0.487 e. The zero-order valence-corrected chi connectivity index (χ0v) is 14.8. The van der Waals surface area contributed by atoms with Gasteiger partial charge in [-0.1, -0.05) is 12.1 Å². The summed E-state index contributed by atoms with van der Waals surface area (Å²) in [4.78, 5) is 4.19. The van der Waals surface area contributed by atoms with Gasteiger partial charge in [0, 0.05) is 12.3 Å². The summed E-state index contributed by atoms with van der Waals surface area (Å²) in [6, 6.07) is 15.7. The van der Waals surface area contributed by atoms with Crippen LogP contribution in [0.4, 0.5) is 10.1 Å². The van der Waals surface area contributed by atoms with Crippen molar-refractivity contribution in [3.05, 3.63) is 83.9 Å². The Balaban J connectivity index is 1.75. The number of hydrogen-bond donors (Lipinski definition) is 1. The molecule has 7 heteroatoms. The number of sulfonamides is 1. The maximum absolute atomic E-state index is 13.2. The molecule has 0 amide bonds. The summed E-state index contributed by atoms with van der Waals surface area (Å²) in [5.41, 5.74) is 1.45. The number of nitrogens with zero attached hydrogens (tertiary/aromatic N) is 1. The average Bonchev–Trinajstić information content (AvgIpc) is 2.60. The van der Waals surface area contributed by atoms with Gasteiger partial charge in [-0.15, -0.1) is 0 Å². The standard InChI is InChI=1S/C19H17FN2O3S/c1-14-11-15(20)8-9-19(14)26(23,24)22-16-6-4-7-18(12-16)25-13-17-5-2-3-10-21-17/h2-12,22H,13H2,1H3. The molecule has 0 unspecified atom stereocenters. The van der Waals surface area contributed by atoms with Crippen molar-refractivity contribution < 1.29 is 17.5 Å². The van der Waals surface area contributed by atoms with Crippen molar-refractivity contribution in [3.63, 3.8) is 0 Å². The first-order valence-corrected chi connectivity index (χ1v) is 9.34. The minimum atomic E-state index is -3.83. The third-order valence-corrected chi connectivity index (χ3v) is 5.17. The number of nitrogens with one attached hydrogen (secondary N) is 1. The monoisotopic (exact) mass is 372 g/mol. The van der Waals surface area contributed by atoms with E-state index < -0.39 is 15.8 Å². The van der Waals surface area contributed by atoms with Crippen molar-refractivity contribution in [2.75, 3.05) is 4.72 Å². The Morgan fingerprint density at radius 3 is 2.65 bits per heavy atom. The van der Waals surface area contributed by atoms with Gasteiger partial charge in [0.15, 0.2) is 0 Å². The summed E-state index contributed by atoms with van der Waals surface area (Å²) < 4.78 is 46.4. The topological polar surface area (TPSA) is 68.3 Å². The highest BCUT2D eigenvalue weighted by Gasteiger charge is 2.17. The molecule has 0 aliphatic heterocycles. The van der Waals surface area contributed by atoms with Gasteiger partial charge in [-0.2, -0.15) is 0 Å². The maximum Gasteiger partial charge on any atom is 0.262 e.